The molecule has 0 radical (unpaired) electrons. The molecule has 5 rings (SSSR count). The Balaban J connectivity index is 1.37. The minimum atomic E-state index is -2.68. The van der Waals surface area contributed by atoms with Crippen molar-refractivity contribution in [2.24, 2.45) is 0 Å². The first-order valence-electron chi connectivity index (χ1n) is 9.09. The summed E-state index contributed by atoms with van der Waals surface area (Å²) in [5.74, 6) is -3.01. The van der Waals surface area contributed by atoms with E-state index in [0.717, 1.165) is 22.3 Å². The van der Waals surface area contributed by atoms with Gasteiger partial charge in [-0.05, 0) is 23.4 Å². The Morgan fingerprint density at radius 3 is 2.93 bits per heavy atom. The zero-order valence-corrected chi connectivity index (χ0v) is 15.9. The minimum absolute atomic E-state index is 0.178. The second-order valence-electron chi connectivity index (χ2n) is 7.12. The van der Waals surface area contributed by atoms with E-state index in [-0.39, 0.29) is 18.7 Å². The van der Waals surface area contributed by atoms with Crippen LogP contribution in [0.25, 0.3) is 27.9 Å². The molecule has 1 unspecified atom stereocenters. The van der Waals surface area contributed by atoms with Crippen LogP contribution in [0, 0.1) is 0 Å². The van der Waals surface area contributed by atoms with Crippen LogP contribution in [-0.2, 0) is 0 Å². The molecule has 0 aromatic carbocycles. The maximum Gasteiger partial charge on any atom is 0.261 e. The highest BCUT2D eigenvalue weighted by atomic mass is 32.1. The summed E-state index contributed by atoms with van der Waals surface area (Å²) in [4.78, 5) is 17.4. The SMILES string of the molecule is O=C(NC1CCC(F)(F)C1)c1cc(-c2cnn3cc(-c4cn[nH]c4)cnc23)cs1. The lowest BCUT2D eigenvalue weighted by Gasteiger charge is -2.11. The highest BCUT2D eigenvalue weighted by molar-refractivity contribution is 7.12. The van der Waals surface area contributed by atoms with Crippen molar-refractivity contribution in [2.45, 2.75) is 31.2 Å². The van der Waals surface area contributed by atoms with Crippen LogP contribution in [0.3, 0.4) is 0 Å². The summed E-state index contributed by atoms with van der Waals surface area (Å²) in [6, 6.07) is 1.26. The van der Waals surface area contributed by atoms with Crippen LogP contribution < -0.4 is 5.32 Å². The summed E-state index contributed by atoms with van der Waals surface area (Å²) in [7, 11) is 0. The molecule has 4 heterocycles. The lowest BCUT2D eigenvalue weighted by Crippen LogP contribution is -2.33. The fourth-order valence-corrected chi connectivity index (χ4v) is 4.37. The first-order valence-corrected chi connectivity index (χ1v) is 9.97. The predicted octanol–water partition coefficient (Wildman–Crippen LogP) is 3.77. The molecule has 2 N–H and O–H groups in total. The Hall–Kier alpha value is -3.14. The number of hydrogen-bond donors (Lipinski definition) is 2. The highest BCUT2D eigenvalue weighted by Gasteiger charge is 2.40. The summed E-state index contributed by atoms with van der Waals surface area (Å²) in [6.45, 7) is 0. The van der Waals surface area contributed by atoms with Crippen LogP contribution in [0.2, 0.25) is 0 Å². The Labute approximate surface area is 167 Å². The van der Waals surface area contributed by atoms with Crippen molar-refractivity contribution in [1.29, 1.82) is 0 Å². The van der Waals surface area contributed by atoms with E-state index < -0.39 is 12.0 Å². The van der Waals surface area contributed by atoms with Crippen molar-refractivity contribution in [3.05, 3.63) is 47.3 Å². The number of halogens is 2. The molecule has 7 nitrogen and oxygen atoms in total. The first-order chi connectivity index (χ1) is 14.0. The van der Waals surface area contributed by atoms with Gasteiger partial charge in [0.25, 0.3) is 5.91 Å². The van der Waals surface area contributed by atoms with E-state index in [9.17, 15) is 13.6 Å². The third-order valence-corrected chi connectivity index (χ3v) is 5.99. The van der Waals surface area contributed by atoms with Gasteiger partial charge in [0.2, 0.25) is 5.92 Å². The number of H-pyrrole nitrogens is 1. The smallest absolute Gasteiger partial charge is 0.261 e. The van der Waals surface area contributed by atoms with Gasteiger partial charge in [0, 0.05) is 54.2 Å². The fraction of sp³-hybridized carbons (Fsp3) is 0.263. The predicted molar refractivity (Wildman–Crippen MR) is 104 cm³/mol. The summed E-state index contributed by atoms with van der Waals surface area (Å²) in [5.41, 5.74) is 4.06. The Morgan fingerprint density at radius 2 is 2.17 bits per heavy atom. The summed E-state index contributed by atoms with van der Waals surface area (Å²) in [6.07, 6.45) is 8.60. The number of alkyl halides is 2. The normalized spacial score (nSPS) is 18.3. The van der Waals surface area contributed by atoms with Gasteiger partial charge in [-0.2, -0.15) is 10.2 Å². The molecule has 1 aliphatic rings. The number of nitrogens with one attached hydrogen (secondary N) is 2. The number of amides is 1. The van der Waals surface area contributed by atoms with Crippen molar-refractivity contribution in [2.75, 3.05) is 0 Å². The maximum atomic E-state index is 13.3. The van der Waals surface area contributed by atoms with Gasteiger partial charge in [-0.15, -0.1) is 11.3 Å². The van der Waals surface area contributed by atoms with Crippen LogP contribution >= 0.6 is 11.3 Å². The molecule has 1 fully saturated rings. The Kier molecular flexibility index (Phi) is 4.16. The van der Waals surface area contributed by atoms with Gasteiger partial charge in [0.05, 0.1) is 17.3 Å². The topological polar surface area (TPSA) is 88.0 Å². The number of nitrogens with zero attached hydrogens (tertiary/aromatic N) is 4. The molecule has 4 aromatic heterocycles. The van der Waals surface area contributed by atoms with Crippen molar-refractivity contribution in [3.63, 3.8) is 0 Å². The quantitative estimate of drug-likeness (QED) is 0.532. The van der Waals surface area contributed by atoms with Crippen molar-refractivity contribution in [3.8, 4) is 22.3 Å². The zero-order chi connectivity index (χ0) is 20.0. The number of aromatic amines is 1. The average Bonchev–Trinajstić information content (AvgIpc) is 3.47. The van der Waals surface area contributed by atoms with Crippen LogP contribution in [0.15, 0.2) is 42.4 Å². The van der Waals surface area contributed by atoms with E-state index in [1.165, 1.54) is 11.3 Å². The molecule has 148 valence electrons. The summed E-state index contributed by atoms with van der Waals surface area (Å²) >= 11 is 1.27. The molecular formula is C19H16F2N6OS. The maximum absolute atomic E-state index is 13.3. The summed E-state index contributed by atoms with van der Waals surface area (Å²) < 4.78 is 28.3. The molecule has 1 atom stereocenters. The van der Waals surface area contributed by atoms with E-state index in [4.69, 9.17) is 0 Å². The van der Waals surface area contributed by atoms with Crippen LogP contribution in [0.4, 0.5) is 8.78 Å². The zero-order valence-electron chi connectivity index (χ0n) is 15.1. The van der Waals surface area contributed by atoms with Gasteiger partial charge < -0.3 is 5.32 Å². The monoisotopic (exact) mass is 414 g/mol. The first kappa shape index (κ1) is 17.9. The van der Waals surface area contributed by atoms with E-state index >= 15 is 0 Å². The van der Waals surface area contributed by atoms with E-state index in [2.05, 4.69) is 25.6 Å². The highest BCUT2D eigenvalue weighted by Crippen LogP contribution is 2.35. The average molecular weight is 414 g/mol. The second kappa shape index (κ2) is 6.73. The number of hydrogen-bond acceptors (Lipinski definition) is 5. The molecule has 29 heavy (non-hydrogen) atoms. The molecule has 4 aromatic rings. The second-order valence-corrected chi connectivity index (χ2v) is 8.04. The van der Waals surface area contributed by atoms with Crippen molar-refractivity contribution < 1.29 is 13.6 Å². The van der Waals surface area contributed by atoms with E-state index in [0.29, 0.717) is 16.9 Å². The molecule has 0 spiro atoms. The van der Waals surface area contributed by atoms with Gasteiger partial charge in [0.1, 0.15) is 0 Å². The lowest BCUT2D eigenvalue weighted by molar-refractivity contribution is 0.00711. The molecule has 0 saturated heterocycles. The third kappa shape index (κ3) is 3.39. The van der Waals surface area contributed by atoms with Crippen LogP contribution in [-0.4, -0.2) is 42.7 Å². The molecule has 0 aliphatic heterocycles. The number of thiophene rings is 1. The number of fused-ring (bicyclic) bond motifs is 1. The van der Waals surface area contributed by atoms with Crippen LogP contribution in [0.1, 0.15) is 28.9 Å². The van der Waals surface area contributed by atoms with Gasteiger partial charge in [-0.3, -0.25) is 9.89 Å². The third-order valence-electron chi connectivity index (χ3n) is 5.06. The number of aromatic nitrogens is 5. The molecule has 1 saturated carbocycles. The Morgan fingerprint density at radius 1 is 1.28 bits per heavy atom. The van der Waals surface area contributed by atoms with E-state index in [1.807, 2.05) is 11.6 Å². The van der Waals surface area contributed by atoms with Gasteiger partial charge >= 0.3 is 0 Å². The fourth-order valence-electron chi connectivity index (χ4n) is 3.56. The minimum Gasteiger partial charge on any atom is -0.348 e. The standard InChI is InChI=1S/C19H16F2N6OS/c20-19(21)2-1-14(4-19)26-18(28)16-3-11(10-29-16)15-8-25-27-9-13(5-22-17(15)27)12-6-23-24-7-12/h3,5-10,14H,1-2,4H2,(H,23,24)(H,26,28). The Bertz CT molecular complexity index is 1180. The molecular weight excluding hydrogens is 398 g/mol. The molecule has 1 aliphatic carbocycles. The van der Waals surface area contributed by atoms with Gasteiger partial charge in [0.15, 0.2) is 5.65 Å². The number of carbonyl (C=O) groups excluding carboxylic acids is 1. The molecule has 1 amide bonds. The van der Waals surface area contributed by atoms with E-state index in [1.54, 1.807) is 35.4 Å². The number of carbonyl (C=O) groups is 1. The number of rotatable bonds is 4. The molecule has 0 bridgehead atoms. The van der Waals surface area contributed by atoms with Crippen molar-refractivity contribution in [1.82, 2.24) is 30.1 Å². The largest absolute Gasteiger partial charge is 0.348 e. The van der Waals surface area contributed by atoms with Crippen molar-refractivity contribution >= 4 is 22.9 Å². The molecule has 10 heteroatoms. The van der Waals surface area contributed by atoms with Gasteiger partial charge in [-0.25, -0.2) is 18.3 Å². The van der Waals surface area contributed by atoms with Crippen LogP contribution in [0.5, 0.6) is 0 Å². The lowest BCUT2D eigenvalue weighted by atomic mass is 10.1. The van der Waals surface area contributed by atoms with Gasteiger partial charge in [-0.1, -0.05) is 0 Å². The summed E-state index contributed by atoms with van der Waals surface area (Å²) in [5, 5.41) is 15.6.